The Bertz CT molecular complexity index is 895. The Morgan fingerprint density at radius 2 is 1.97 bits per heavy atom. The minimum absolute atomic E-state index is 0. The number of aliphatic imine (C=N–C) groups is 1. The third-order valence-corrected chi connectivity index (χ3v) is 5.02. The Labute approximate surface area is 211 Å². The number of pyridine rings is 1. The first-order chi connectivity index (χ1) is 15.6. The first-order valence-electron chi connectivity index (χ1n) is 11.0. The molecule has 10 heteroatoms. The number of para-hydroxylation sites is 1. The van der Waals surface area contributed by atoms with Crippen molar-refractivity contribution in [1.82, 2.24) is 15.6 Å². The first-order valence-corrected chi connectivity index (χ1v) is 11.0. The van der Waals surface area contributed by atoms with Crippen molar-refractivity contribution < 1.29 is 18.3 Å². The van der Waals surface area contributed by atoms with Crippen molar-refractivity contribution >= 4 is 35.8 Å². The minimum Gasteiger partial charge on any atom is -0.490 e. The lowest BCUT2D eigenvalue weighted by molar-refractivity contribution is -0.0520. The lowest BCUT2D eigenvalue weighted by Gasteiger charge is -2.17. The SMILES string of the molecule is CCNC(=NCc1ccnc(N2CCCC2)c1)NCc1cccc(OCC)c1OC(F)F.I. The van der Waals surface area contributed by atoms with E-state index in [1.54, 1.807) is 25.1 Å². The number of hydrogen-bond donors (Lipinski definition) is 2. The standard InChI is InChI=1S/C23H31F2N5O2.HI/c1-3-26-23(28-15-17-10-11-27-20(14-17)30-12-5-6-13-30)29-16-18-8-7-9-19(31-4-2)21(18)32-22(24)25;/h7-11,14,22H,3-6,12-13,15-16H2,1-2H3,(H2,26,28,29);1H. The fraction of sp³-hybridized carbons (Fsp3) is 0.478. The minimum atomic E-state index is -2.94. The highest BCUT2D eigenvalue weighted by atomic mass is 127. The normalized spacial score (nSPS) is 13.6. The Morgan fingerprint density at radius 1 is 1.18 bits per heavy atom. The number of halogens is 3. The van der Waals surface area contributed by atoms with Crippen LogP contribution in [0, 0.1) is 0 Å². The number of anilines is 1. The molecule has 1 aliphatic heterocycles. The molecule has 0 bridgehead atoms. The second-order valence-corrected chi connectivity index (χ2v) is 7.32. The summed E-state index contributed by atoms with van der Waals surface area (Å²) in [6.45, 7) is 4.64. The van der Waals surface area contributed by atoms with Crippen molar-refractivity contribution in [3.05, 3.63) is 47.7 Å². The van der Waals surface area contributed by atoms with E-state index in [9.17, 15) is 8.78 Å². The molecule has 0 aliphatic carbocycles. The Kier molecular flexibility index (Phi) is 11.4. The van der Waals surface area contributed by atoms with E-state index < -0.39 is 6.61 Å². The Morgan fingerprint density at radius 3 is 2.67 bits per heavy atom. The van der Waals surface area contributed by atoms with Gasteiger partial charge >= 0.3 is 6.61 Å². The summed E-state index contributed by atoms with van der Waals surface area (Å²) in [5.41, 5.74) is 1.61. The largest absolute Gasteiger partial charge is 0.490 e. The van der Waals surface area contributed by atoms with Gasteiger partial charge in [-0.1, -0.05) is 12.1 Å². The maximum absolute atomic E-state index is 13.0. The molecule has 1 aromatic heterocycles. The zero-order valence-corrected chi connectivity index (χ0v) is 21.4. The number of hydrogen-bond acceptors (Lipinski definition) is 5. The molecule has 3 rings (SSSR count). The molecule has 182 valence electrons. The van der Waals surface area contributed by atoms with Crippen LogP contribution in [0.25, 0.3) is 0 Å². The summed E-state index contributed by atoms with van der Waals surface area (Å²) in [5, 5.41) is 6.38. The van der Waals surface area contributed by atoms with E-state index in [0.29, 0.717) is 37.0 Å². The highest BCUT2D eigenvalue weighted by Crippen LogP contribution is 2.32. The number of guanidine groups is 1. The van der Waals surface area contributed by atoms with Crippen molar-refractivity contribution in [2.24, 2.45) is 4.99 Å². The topological polar surface area (TPSA) is 71.0 Å². The molecule has 33 heavy (non-hydrogen) atoms. The number of nitrogens with one attached hydrogen (secondary N) is 2. The third-order valence-electron chi connectivity index (χ3n) is 5.02. The second kappa shape index (κ2) is 14.0. The van der Waals surface area contributed by atoms with Gasteiger partial charge in [-0.05, 0) is 50.5 Å². The van der Waals surface area contributed by atoms with Crippen LogP contribution in [0.5, 0.6) is 11.5 Å². The number of rotatable bonds is 10. The summed E-state index contributed by atoms with van der Waals surface area (Å²) < 4.78 is 36.1. The van der Waals surface area contributed by atoms with E-state index in [2.05, 4.69) is 31.6 Å². The molecule has 0 amide bonds. The Balaban J connectivity index is 0.00000385. The molecule has 2 aromatic rings. The van der Waals surface area contributed by atoms with Gasteiger partial charge in [0.25, 0.3) is 0 Å². The average Bonchev–Trinajstić information content (AvgIpc) is 3.32. The molecule has 7 nitrogen and oxygen atoms in total. The van der Waals surface area contributed by atoms with Crippen LogP contribution in [-0.2, 0) is 13.1 Å². The molecule has 0 saturated carbocycles. The van der Waals surface area contributed by atoms with Crippen LogP contribution in [0.1, 0.15) is 37.8 Å². The summed E-state index contributed by atoms with van der Waals surface area (Å²) in [6.07, 6.45) is 4.20. The van der Waals surface area contributed by atoms with E-state index >= 15 is 0 Å². The molecule has 1 fully saturated rings. The van der Waals surface area contributed by atoms with E-state index in [-0.39, 0.29) is 36.3 Å². The quantitative estimate of drug-likeness (QED) is 0.246. The van der Waals surface area contributed by atoms with E-state index in [0.717, 1.165) is 24.5 Å². The predicted octanol–water partition coefficient (Wildman–Crippen LogP) is 4.56. The number of aromatic nitrogens is 1. The predicted molar refractivity (Wildman–Crippen MR) is 137 cm³/mol. The van der Waals surface area contributed by atoms with Gasteiger partial charge in [0.05, 0.1) is 13.2 Å². The molecular weight excluding hydrogens is 543 g/mol. The van der Waals surface area contributed by atoms with Crippen LogP contribution in [0.4, 0.5) is 14.6 Å². The van der Waals surface area contributed by atoms with E-state index in [4.69, 9.17) is 9.47 Å². The van der Waals surface area contributed by atoms with Gasteiger partial charge in [-0.15, -0.1) is 24.0 Å². The molecule has 1 aliphatic rings. The molecular formula is C23H32F2IN5O2. The van der Waals surface area contributed by atoms with Gasteiger partial charge in [-0.3, -0.25) is 0 Å². The molecule has 0 spiro atoms. The number of alkyl halides is 2. The highest BCUT2D eigenvalue weighted by Gasteiger charge is 2.16. The zero-order valence-electron chi connectivity index (χ0n) is 19.0. The monoisotopic (exact) mass is 575 g/mol. The smallest absolute Gasteiger partial charge is 0.387 e. The fourth-order valence-corrected chi connectivity index (χ4v) is 3.56. The van der Waals surface area contributed by atoms with Gasteiger partial charge in [-0.2, -0.15) is 8.78 Å². The molecule has 0 radical (unpaired) electrons. The number of nitrogens with zero attached hydrogens (tertiary/aromatic N) is 3. The Hall–Kier alpha value is -2.37. The zero-order chi connectivity index (χ0) is 22.8. The van der Waals surface area contributed by atoms with Gasteiger partial charge in [0.15, 0.2) is 17.5 Å². The van der Waals surface area contributed by atoms with Crippen LogP contribution < -0.4 is 25.0 Å². The summed E-state index contributed by atoms with van der Waals surface area (Å²) >= 11 is 0. The van der Waals surface area contributed by atoms with Crippen molar-refractivity contribution in [1.29, 1.82) is 0 Å². The molecule has 1 aromatic carbocycles. The third kappa shape index (κ3) is 8.17. The molecule has 1 saturated heterocycles. The summed E-state index contributed by atoms with van der Waals surface area (Å²) in [5.74, 6) is 1.89. The lowest BCUT2D eigenvalue weighted by Crippen LogP contribution is -2.37. The molecule has 0 unspecified atom stereocenters. The summed E-state index contributed by atoms with van der Waals surface area (Å²) in [6, 6.07) is 9.11. The highest BCUT2D eigenvalue weighted by molar-refractivity contribution is 14.0. The maximum atomic E-state index is 13.0. The van der Waals surface area contributed by atoms with Crippen LogP contribution in [0.2, 0.25) is 0 Å². The van der Waals surface area contributed by atoms with Crippen molar-refractivity contribution in [3.8, 4) is 11.5 Å². The number of ether oxygens (including phenoxy) is 2. The molecule has 2 heterocycles. The summed E-state index contributed by atoms with van der Waals surface area (Å²) in [4.78, 5) is 11.4. The van der Waals surface area contributed by atoms with Crippen molar-refractivity contribution in [2.45, 2.75) is 46.4 Å². The van der Waals surface area contributed by atoms with Crippen molar-refractivity contribution in [3.63, 3.8) is 0 Å². The van der Waals surface area contributed by atoms with Gasteiger partial charge < -0.3 is 25.0 Å². The van der Waals surface area contributed by atoms with E-state index in [1.807, 2.05) is 19.2 Å². The fourth-order valence-electron chi connectivity index (χ4n) is 3.56. The van der Waals surface area contributed by atoms with Gasteiger partial charge in [0.2, 0.25) is 0 Å². The summed E-state index contributed by atoms with van der Waals surface area (Å²) in [7, 11) is 0. The second-order valence-electron chi connectivity index (χ2n) is 7.32. The van der Waals surface area contributed by atoms with Crippen LogP contribution in [0.15, 0.2) is 41.5 Å². The number of benzene rings is 1. The average molecular weight is 575 g/mol. The molecule has 0 atom stereocenters. The molecule has 2 N–H and O–H groups in total. The van der Waals surface area contributed by atoms with Gasteiger partial charge in [-0.25, -0.2) is 9.98 Å². The van der Waals surface area contributed by atoms with Crippen LogP contribution in [-0.4, -0.2) is 43.8 Å². The van der Waals surface area contributed by atoms with Crippen molar-refractivity contribution in [2.75, 3.05) is 31.1 Å². The van der Waals surface area contributed by atoms with Gasteiger partial charge in [0.1, 0.15) is 5.82 Å². The first kappa shape index (κ1) is 26.9. The maximum Gasteiger partial charge on any atom is 0.387 e. The van der Waals surface area contributed by atoms with Crippen LogP contribution in [0.3, 0.4) is 0 Å². The van der Waals surface area contributed by atoms with Gasteiger partial charge in [0, 0.05) is 37.9 Å². The van der Waals surface area contributed by atoms with Crippen LogP contribution >= 0.6 is 24.0 Å². The lowest BCUT2D eigenvalue weighted by atomic mass is 10.2. The van der Waals surface area contributed by atoms with E-state index in [1.165, 1.54) is 12.8 Å².